The van der Waals surface area contributed by atoms with E-state index >= 15 is 0 Å². The summed E-state index contributed by atoms with van der Waals surface area (Å²) >= 11 is 0. The first-order valence-electron chi connectivity index (χ1n) is 7.96. The number of rotatable bonds is 8. The molecule has 1 unspecified atom stereocenters. The van der Waals surface area contributed by atoms with E-state index in [0.29, 0.717) is 18.9 Å². The van der Waals surface area contributed by atoms with Gasteiger partial charge in [0.15, 0.2) is 0 Å². The van der Waals surface area contributed by atoms with Crippen LogP contribution in [0.3, 0.4) is 0 Å². The van der Waals surface area contributed by atoms with E-state index in [2.05, 4.69) is 45.1 Å². The third-order valence-electron chi connectivity index (χ3n) is 3.45. The molecule has 0 heterocycles. The summed E-state index contributed by atoms with van der Waals surface area (Å²) in [4.78, 5) is 11.7. The van der Waals surface area contributed by atoms with E-state index in [0.717, 1.165) is 12.4 Å². The maximum Gasteiger partial charge on any atom is 0.221 e. The number of carbonyl (C=O) groups is 1. The van der Waals surface area contributed by atoms with Crippen LogP contribution in [-0.2, 0) is 10.2 Å². The highest BCUT2D eigenvalue weighted by molar-refractivity contribution is 5.76. The van der Waals surface area contributed by atoms with Gasteiger partial charge < -0.3 is 15.8 Å². The Hall–Kier alpha value is -1.55. The molecule has 4 nitrogen and oxygen atoms in total. The van der Waals surface area contributed by atoms with E-state index in [-0.39, 0.29) is 17.4 Å². The maximum atomic E-state index is 11.7. The molecule has 0 aliphatic carbocycles. The van der Waals surface area contributed by atoms with E-state index in [1.807, 2.05) is 19.1 Å². The minimum atomic E-state index is -0.135. The first-order chi connectivity index (χ1) is 10.2. The molecule has 1 rings (SSSR count). The Morgan fingerprint density at radius 3 is 2.32 bits per heavy atom. The first-order valence-corrected chi connectivity index (χ1v) is 7.96. The van der Waals surface area contributed by atoms with Crippen LogP contribution in [0, 0.1) is 5.92 Å². The van der Waals surface area contributed by atoms with Crippen LogP contribution in [0.2, 0.25) is 0 Å². The number of benzene rings is 1. The zero-order chi connectivity index (χ0) is 16.8. The average Bonchev–Trinajstić information content (AvgIpc) is 2.43. The van der Waals surface area contributed by atoms with Gasteiger partial charge in [-0.15, -0.1) is 0 Å². The Morgan fingerprint density at radius 2 is 1.82 bits per heavy atom. The van der Waals surface area contributed by atoms with E-state index in [9.17, 15) is 4.79 Å². The molecule has 22 heavy (non-hydrogen) atoms. The fourth-order valence-corrected chi connectivity index (χ4v) is 2.05. The number of hydrogen-bond acceptors (Lipinski definition) is 3. The second kappa shape index (κ2) is 8.18. The van der Waals surface area contributed by atoms with Crippen molar-refractivity contribution >= 4 is 5.91 Å². The van der Waals surface area contributed by atoms with Gasteiger partial charge in [-0.1, -0.05) is 39.8 Å². The summed E-state index contributed by atoms with van der Waals surface area (Å²) < 4.78 is 5.69. The minimum absolute atomic E-state index is 0.0000353. The van der Waals surface area contributed by atoms with Gasteiger partial charge in [0.1, 0.15) is 5.75 Å². The molecule has 0 aliphatic heterocycles. The molecule has 0 spiro atoms. The second-order valence-electron chi connectivity index (χ2n) is 7.07. The summed E-state index contributed by atoms with van der Waals surface area (Å²) in [5.74, 6) is 1.39. The molecule has 0 fully saturated rings. The highest BCUT2D eigenvalue weighted by Crippen LogP contribution is 2.24. The zero-order valence-corrected chi connectivity index (χ0v) is 14.5. The van der Waals surface area contributed by atoms with E-state index in [1.165, 1.54) is 5.56 Å². The zero-order valence-electron chi connectivity index (χ0n) is 14.5. The topological polar surface area (TPSA) is 64.3 Å². The average molecular weight is 306 g/mol. The Labute approximate surface area is 134 Å². The molecule has 1 aromatic rings. The third-order valence-corrected chi connectivity index (χ3v) is 3.45. The summed E-state index contributed by atoms with van der Waals surface area (Å²) in [6, 6.07) is 7.99. The Morgan fingerprint density at radius 1 is 1.23 bits per heavy atom. The predicted octanol–water partition coefficient (Wildman–Crippen LogP) is 2.85. The van der Waals surface area contributed by atoms with Crippen molar-refractivity contribution in [2.75, 3.05) is 13.2 Å². The van der Waals surface area contributed by atoms with Gasteiger partial charge >= 0.3 is 0 Å². The molecule has 1 atom stereocenters. The molecule has 4 heteroatoms. The molecule has 124 valence electrons. The lowest BCUT2D eigenvalue weighted by Crippen LogP contribution is -2.38. The summed E-state index contributed by atoms with van der Waals surface area (Å²) in [6.07, 6.45) is 0.359. The fraction of sp³-hybridized carbons (Fsp3) is 0.611. The van der Waals surface area contributed by atoms with Gasteiger partial charge in [0.25, 0.3) is 0 Å². The van der Waals surface area contributed by atoms with Crippen LogP contribution < -0.4 is 15.8 Å². The van der Waals surface area contributed by atoms with Crippen molar-refractivity contribution in [1.29, 1.82) is 0 Å². The van der Waals surface area contributed by atoms with Crippen molar-refractivity contribution in [3.8, 4) is 5.75 Å². The quantitative estimate of drug-likeness (QED) is 0.776. The van der Waals surface area contributed by atoms with Crippen molar-refractivity contribution < 1.29 is 9.53 Å². The van der Waals surface area contributed by atoms with Gasteiger partial charge in [-0.2, -0.15) is 0 Å². The smallest absolute Gasteiger partial charge is 0.221 e. The number of nitrogens with one attached hydrogen (secondary N) is 1. The largest absolute Gasteiger partial charge is 0.493 e. The lowest BCUT2D eigenvalue weighted by atomic mass is 9.84. The molecular formula is C18H30N2O2. The first kappa shape index (κ1) is 18.5. The lowest BCUT2D eigenvalue weighted by Gasteiger charge is -2.26. The number of ether oxygens (including phenoxy) is 1. The molecule has 0 aliphatic rings. The van der Waals surface area contributed by atoms with E-state index in [4.69, 9.17) is 10.5 Å². The van der Waals surface area contributed by atoms with Crippen LogP contribution in [-0.4, -0.2) is 25.1 Å². The standard InChI is InChI=1S/C18H30N2O2/c1-13(2)11-22-16-8-6-15(7-9-16)18(4,5)12-20-17(21)10-14(3)19/h6-9,13-14H,10-12,19H2,1-5H3,(H,20,21). The van der Waals surface area contributed by atoms with Crippen molar-refractivity contribution in [2.24, 2.45) is 11.7 Å². The van der Waals surface area contributed by atoms with Crippen LogP contribution in [0.1, 0.15) is 46.6 Å². The van der Waals surface area contributed by atoms with Crippen LogP contribution >= 0.6 is 0 Å². The van der Waals surface area contributed by atoms with Crippen LogP contribution in [0.5, 0.6) is 5.75 Å². The molecule has 0 radical (unpaired) electrons. The monoisotopic (exact) mass is 306 g/mol. The van der Waals surface area contributed by atoms with Crippen LogP contribution in [0.15, 0.2) is 24.3 Å². The summed E-state index contributed by atoms with van der Waals surface area (Å²) in [7, 11) is 0. The molecule has 0 aromatic heterocycles. The van der Waals surface area contributed by atoms with Gasteiger partial charge in [-0.05, 0) is 30.5 Å². The number of amides is 1. The fourth-order valence-electron chi connectivity index (χ4n) is 2.05. The number of nitrogens with two attached hydrogens (primary N) is 1. The number of carbonyl (C=O) groups excluding carboxylic acids is 1. The highest BCUT2D eigenvalue weighted by atomic mass is 16.5. The van der Waals surface area contributed by atoms with Crippen molar-refractivity contribution in [3.05, 3.63) is 29.8 Å². The van der Waals surface area contributed by atoms with Crippen LogP contribution in [0.4, 0.5) is 0 Å². The van der Waals surface area contributed by atoms with Gasteiger partial charge in [-0.3, -0.25) is 4.79 Å². The summed E-state index contributed by atoms with van der Waals surface area (Å²) in [5.41, 5.74) is 6.67. The SMILES string of the molecule is CC(C)COc1ccc(C(C)(C)CNC(=O)CC(C)N)cc1. The maximum absolute atomic E-state index is 11.7. The third kappa shape index (κ3) is 6.48. The van der Waals surface area contributed by atoms with Gasteiger partial charge in [0.2, 0.25) is 5.91 Å². The van der Waals surface area contributed by atoms with E-state index in [1.54, 1.807) is 0 Å². The van der Waals surface area contributed by atoms with Gasteiger partial charge in [0, 0.05) is 24.4 Å². The molecule has 3 N–H and O–H groups in total. The Kier molecular flexibility index (Phi) is 6.88. The second-order valence-corrected chi connectivity index (χ2v) is 7.07. The van der Waals surface area contributed by atoms with Crippen LogP contribution in [0.25, 0.3) is 0 Å². The minimum Gasteiger partial charge on any atom is -0.493 e. The Balaban J connectivity index is 2.59. The molecule has 1 amide bonds. The van der Waals surface area contributed by atoms with Crippen molar-refractivity contribution in [3.63, 3.8) is 0 Å². The molecule has 0 saturated carbocycles. The molecule has 0 bridgehead atoms. The summed E-state index contributed by atoms with van der Waals surface area (Å²) in [6.45, 7) is 11.6. The van der Waals surface area contributed by atoms with Gasteiger partial charge in [0.05, 0.1) is 6.61 Å². The highest BCUT2D eigenvalue weighted by Gasteiger charge is 2.21. The summed E-state index contributed by atoms with van der Waals surface area (Å²) in [5, 5.41) is 2.96. The lowest BCUT2D eigenvalue weighted by molar-refractivity contribution is -0.121. The normalized spacial score (nSPS) is 13.0. The molecular weight excluding hydrogens is 276 g/mol. The molecule has 1 aromatic carbocycles. The van der Waals surface area contributed by atoms with Crippen molar-refractivity contribution in [2.45, 2.75) is 52.5 Å². The van der Waals surface area contributed by atoms with Gasteiger partial charge in [-0.25, -0.2) is 0 Å². The predicted molar refractivity (Wildman–Crippen MR) is 91.1 cm³/mol. The number of hydrogen-bond donors (Lipinski definition) is 2. The molecule has 0 saturated heterocycles. The Bertz CT molecular complexity index is 464. The van der Waals surface area contributed by atoms with E-state index < -0.39 is 0 Å². The van der Waals surface area contributed by atoms with Crippen molar-refractivity contribution in [1.82, 2.24) is 5.32 Å².